The van der Waals surface area contributed by atoms with Crippen LogP contribution in [0.15, 0.2) is 17.4 Å². The maximum atomic E-state index is 10.8. The normalized spacial score (nSPS) is 26.1. The van der Waals surface area contributed by atoms with Gasteiger partial charge in [-0.05, 0) is 18.3 Å². The van der Waals surface area contributed by atoms with E-state index in [0.717, 1.165) is 12.7 Å². The average molecular weight is 192 g/mol. The van der Waals surface area contributed by atoms with Gasteiger partial charge in [0, 0.05) is 11.6 Å². The molecule has 1 aliphatic rings. The van der Waals surface area contributed by atoms with Gasteiger partial charge in [0.15, 0.2) is 12.6 Å². The van der Waals surface area contributed by atoms with Crippen molar-refractivity contribution in [3.8, 4) is 0 Å². The van der Waals surface area contributed by atoms with Crippen LogP contribution in [0, 0.1) is 11.8 Å². The van der Waals surface area contributed by atoms with Crippen molar-refractivity contribution in [2.75, 3.05) is 0 Å². The summed E-state index contributed by atoms with van der Waals surface area (Å²) < 4.78 is 0. The number of allylic oxidation sites excluding steroid dienone is 1. The second-order valence-corrected chi connectivity index (χ2v) is 3.89. The molecule has 0 saturated heterocycles. The van der Waals surface area contributed by atoms with Crippen LogP contribution >= 0.6 is 0 Å². The molecule has 2 heteroatoms. The van der Waals surface area contributed by atoms with Crippen LogP contribution in [0.5, 0.6) is 0 Å². The van der Waals surface area contributed by atoms with Gasteiger partial charge in [-0.1, -0.05) is 26.2 Å². The van der Waals surface area contributed by atoms with Gasteiger partial charge in [-0.25, -0.2) is 0 Å². The molecule has 0 aliphatic heterocycles. The minimum Gasteiger partial charge on any atom is -0.298 e. The highest BCUT2D eigenvalue weighted by Crippen LogP contribution is 2.33. The molecule has 0 aromatic heterocycles. The van der Waals surface area contributed by atoms with Crippen molar-refractivity contribution in [1.29, 1.82) is 0 Å². The molecule has 2 nitrogen and oxygen atoms in total. The summed E-state index contributed by atoms with van der Waals surface area (Å²) in [5, 5.41) is 0. The number of rotatable bonds is 3. The molecule has 0 N–H and O–H groups in total. The maximum absolute atomic E-state index is 10.8. The third kappa shape index (κ3) is 2.68. The van der Waals surface area contributed by atoms with E-state index in [1.54, 1.807) is 0 Å². The van der Waals surface area contributed by atoms with Gasteiger partial charge in [0.25, 0.3) is 0 Å². The molecule has 0 aromatic rings. The van der Waals surface area contributed by atoms with Crippen LogP contribution in [-0.4, -0.2) is 12.6 Å². The molecule has 0 bridgehead atoms. The molecule has 2 unspecified atom stereocenters. The first-order valence-corrected chi connectivity index (χ1v) is 5.15. The Hall–Kier alpha value is -1.14. The van der Waals surface area contributed by atoms with Gasteiger partial charge in [0.1, 0.15) is 0 Å². The summed E-state index contributed by atoms with van der Waals surface area (Å²) >= 11 is 0. The highest BCUT2D eigenvalue weighted by atomic mass is 16.1. The van der Waals surface area contributed by atoms with E-state index in [2.05, 4.69) is 12.7 Å². The molecule has 0 amide bonds. The van der Waals surface area contributed by atoms with Crippen LogP contribution in [0.4, 0.5) is 0 Å². The van der Waals surface area contributed by atoms with Gasteiger partial charge in [-0.3, -0.25) is 9.59 Å². The van der Waals surface area contributed by atoms with Crippen molar-refractivity contribution < 1.29 is 9.59 Å². The molecule has 0 heterocycles. The molecule has 0 aromatic carbocycles. The molecule has 0 radical (unpaired) electrons. The molecular formula is C12H16O2. The zero-order chi connectivity index (χ0) is 10.4. The van der Waals surface area contributed by atoms with Crippen molar-refractivity contribution in [2.24, 2.45) is 11.8 Å². The highest BCUT2D eigenvalue weighted by Gasteiger charge is 2.24. The first-order valence-electron chi connectivity index (χ1n) is 5.15. The van der Waals surface area contributed by atoms with Gasteiger partial charge in [0.2, 0.25) is 0 Å². The summed E-state index contributed by atoms with van der Waals surface area (Å²) in [6, 6.07) is 0. The summed E-state index contributed by atoms with van der Waals surface area (Å²) in [6.45, 7) is 2.16. The lowest BCUT2D eigenvalue weighted by Gasteiger charge is -2.27. The topological polar surface area (TPSA) is 34.1 Å². The lowest BCUT2D eigenvalue weighted by Crippen LogP contribution is -2.19. The van der Waals surface area contributed by atoms with Crippen molar-refractivity contribution >= 4 is 12.6 Å². The van der Waals surface area contributed by atoms with Crippen LogP contribution in [0.25, 0.3) is 0 Å². The molecule has 76 valence electrons. The summed E-state index contributed by atoms with van der Waals surface area (Å²) in [4.78, 5) is 21.0. The van der Waals surface area contributed by atoms with Crippen LogP contribution in [-0.2, 0) is 9.59 Å². The molecule has 1 aliphatic carbocycles. The van der Waals surface area contributed by atoms with Gasteiger partial charge < -0.3 is 0 Å². The fourth-order valence-corrected chi connectivity index (χ4v) is 2.14. The minimum absolute atomic E-state index is 0.303. The second-order valence-electron chi connectivity index (χ2n) is 3.89. The molecule has 0 spiro atoms. The first-order chi connectivity index (χ1) is 6.79. The molecular weight excluding hydrogens is 176 g/mol. The lowest BCUT2D eigenvalue weighted by molar-refractivity contribution is -0.105. The Bertz CT molecular complexity index is 272. The lowest BCUT2D eigenvalue weighted by atomic mass is 9.77. The number of hydrogen-bond donors (Lipinski definition) is 0. The molecule has 1 saturated carbocycles. The minimum atomic E-state index is 0.303. The standard InChI is InChI=1S/C12H16O2/c1-10-5-2-3-7-12(10)11(9-14)6-4-8-13/h4,8-10,12H,2-3,5,7H2,1H3. The van der Waals surface area contributed by atoms with Gasteiger partial charge in [-0.2, -0.15) is 0 Å². The Kier molecular flexibility index (Phi) is 4.34. The van der Waals surface area contributed by atoms with E-state index in [-0.39, 0.29) is 0 Å². The molecule has 1 fully saturated rings. The fourth-order valence-electron chi connectivity index (χ4n) is 2.14. The van der Waals surface area contributed by atoms with E-state index < -0.39 is 0 Å². The summed E-state index contributed by atoms with van der Waals surface area (Å²) in [5.74, 6) is 0.842. The van der Waals surface area contributed by atoms with E-state index in [1.807, 2.05) is 0 Å². The summed E-state index contributed by atoms with van der Waals surface area (Å²) in [6.07, 6.45) is 7.44. The van der Waals surface area contributed by atoms with Crippen LogP contribution < -0.4 is 0 Å². The number of carbonyl (C=O) groups excluding carboxylic acids is 2. The van der Waals surface area contributed by atoms with Crippen LogP contribution in [0.1, 0.15) is 32.6 Å². The van der Waals surface area contributed by atoms with Gasteiger partial charge in [0.05, 0.1) is 0 Å². The summed E-state index contributed by atoms with van der Waals surface area (Å²) in [7, 11) is 0. The maximum Gasteiger partial charge on any atom is 0.154 e. The SMILES string of the molecule is CC1CCCCC1C(=C=CC=O)C=O. The smallest absolute Gasteiger partial charge is 0.154 e. The van der Waals surface area contributed by atoms with Gasteiger partial charge >= 0.3 is 0 Å². The number of hydrogen-bond acceptors (Lipinski definition) is 2. The monoisotopic (exact) mass is 192 g/mol. The second kappa shape index (κ2) is 5.56. The predicted octanol–water partition coefficient (Wildman–Crippen LogP) is 2.29. The fraction of sp³-hybridized carbons (Fsp3) is 0.583. The Morgan fingerprint density at radius 2 is 2.00 bits per heavy atom. The Morgan fingerprint density at radius 3 is 2.57 bits per heavy atom. The third-order valence-corrected chi connectivity index (χ3v) is 2.96. The average Bonchev–Trinajstić information content (AvgIpc) is 2.21. The summed E-state index contributed by atoms with van der Waals surface area (Å²) in [5.41, 5.74) is 3.43. The van der Waals surface area contributed by atoms with Crippen LogP contribution in [0.3, 0.4) is 0 Å². The molecule has 1 rings (SSSR count). The Labute approximate surface area is 84.7 Å². The zero-order valence-corrected chi connectivity index (χ0v) is 8.53. The Balaban J connectivity index is 2.82. The van der Waals surface area contributed by atoms with Crippen LogP contribution in [0.2, 0.25) is 0 Å². The van der Waals surface area contributed by atoms with Crippen molar-refractivity contribution in [3.05, 3.63) is 17.4 Å². The van der Waals surface area contributed by atoms with E-state index >= 15 is 0 Å². The highest BCUT2D eigenvalue weighted by molar-refractivity contribution is 5.75. The number of carbonyl (C=O) groups is 2. The van der Waals surface area contributed by atoms with E-state index in [0.29, 0.717) is 23.7 Å². The molecule has 2 atom stereocenters. The number of aldehydes is 2. The van der Waals surface area contributed by atoms with Crippen molar-refractivity contribution in [3.63, 3.8) is 0 Å². The zero-order valence-electron chi connectivity index (χ0n) is 8.53. The first kappa shape index (κ1) is 10.9. The molecule has 14 heavy (non-hydrogen) atoms. The van der Waals surface area contributed by atoms with E-state index in [9.17, 15) is 9.59 Å². The van der Waals surface area contributed by atoms with Crippen molar-refractivity contribution in [2.45, 2.75) is 32.6 Å². The van der Waals surface area contributed by atoms with Crippen molar-refractivity contribution in [1.82, 2.24) is 0 Å². The van der Waals surface area contributed by atoms with Gasteiger partial charge in [-0.15, -0.1) is 5.73 Å². The van der Waals surface area contributed by atoms with E-state index in [1.165, 1.54) is 25.3 Å². The predicted molar refractivity (Wildman–Crippen MR) is 54.8 cm³/mol. The largest absolute Gasteiger partial charge is 0.298 e. The quantitative estimate of drug-likeness (QED) is 0.390. The Morgan fingerprint density at radius 1 is 1.29 bits per heavy atom. The third-order valence-electron chi connectivity index (χ3n) is 2.96. The van der Waals surface area contributed by atoms with E-state index in [4.69, 9.17) is 0 Å².